The van der Waals surface area contributed by atoms with Crippen molar-refractivity contribution in [3.63, 3.8) is 0 Å². The van der Waals surface area contributed by atoms with E-state index in [0.29, 0.717) is 30.2 Å². The van der Waals surface area contributed by atoms with Gasteiger partial charge in [-0.3, -0.25) is 0 Å². The molecule has 0 aliphatic rings. The van der Waals surface area contributed by atoms with Crippen molar-refractivity contribution in [2.24, 2.45) is 5.73 Å². The van der Waals surface area contributed by atoms with Gasteiger partial charge >= 0.3 is 5.97 Å². The Kier molecular flexibility index (Phi) is 11.7. The molecule has 0 heterocycles. The number of nitrogens with two attached hydrogens (primary N) is 1. The molecule has 7 nitrogen and oxygen atoms in total. The molecule has 0 aromatic heterocycles. The van der Waals surface area contributed by atoms with Gasteiger partial charge in [0.25, 0.3) is 0 Å². The standard InChI is InChI=1S/C21H23N2O5S.W/c1-2-27-21(26)19(25)20(23-16-6-4-3-5-7-16)29-13-10-15-8-9-18(17(24)14-15)28-12-11-22;/h3-10,14,23-25H,2,11-12,22H2,1H3;/q-1;/b20-19-;. The number of aliphatic hydroxyl groups is 1. The molecule has 2 aromatic rings. The number of ether oxygens (including phenoxy) is 2. The fourth-order valence-electron chi connectivity index (χ4n) is 2.15. The molecule has 0 radical (unpaired) electrons. The maximum absolute atomic E-state index is 11.9. The van der Waals surface area contributed by atoms with Crippen molar-refractivity contribution >= 4 is 29.5 Å². The minimum Gasteiger partial charge on any atom is -0.506 e. The van der Waals surface area contributed by atoms with Gasteiger partial charge in [0, 0.05) is 33.3 Å². The van der Waals surface area contributed by atoms with Crippen molar-refractivity contribution in [1.82, 2.24) is 0 Å². The average Bonchev–Trinajstić information content (AvgIpc) is 2.73. The molecule has 0 saturated heterocycles. The summed E-state index contributed by atoms with van der Waals surface area (Å²) in [5, 5.41) is 26.3. The molecule has 30 heavy (non-hydrogen) atoms. The van der Waals surface area contributed by atoms with Gasteiger partial charge in [-0.25, -0.2) is 16.3 Å². The van der Waals surface area contributed by atoms with Crippen LogP contribution in [-0.4, -0.2) is 35.9 Å². The molecule has 0 saturated carbocycles. The largest absolute Gasteiger partial charge is 0.506 e. The second kappa shape index (κ2) is 13.7. The van der Waals surface area contributed by atoms with E-state index in [4.69, 9.17) is 15.2 Å². The van der Waals surface area contributed by atoms with E-state index in [1.807, 2.05) is 18.2 Å². The third-order valence-electron chi connectivity index (χ3n) is 3.46. The molecule has 0 aliphatic carbocycles. The SMILES string of the molecule is CCOC(=O)/C(O)=C(\Nc1ccccc1)S[C-]=Cc1ccc(OCCN)c(O)c1.[W]. The first-order valence-electron chi connectivity index (χ1n) is 8.89. The normalized spacial score (nSPS) is 11.4. The van der Waals surface area contributed by atoms with E-state index in [-0.39, 0.29) is 38.5 Å². The first-order valence-corrected chi connectivity index (χ1v) is 9.70. The summed E-state index contributed by atoms with van der Waals surface area (Å²) in [6, 6.07) is 14.0. The molecule has 2 rings (SSSR count). The van der Waals surface area contributed by atoms with Crippen molar-refractivity contribution in [2.75, 3.05) is 25.1 Å². The number of nitrogens with one attached hydrogen (secondary N) is 1. The molecular formula is C21H23N2O5SW-. The molecule has 0 spiro atoms. The van der Waals surface area contributed by atoms with Gasteiger partial charge in [0.2, 0.25) is 5.76 Å². The second-order valence-corrected chi connectivity index (χ2v) is 6.47. The van der Waals surface area contributed by atoms with Crippen LogP contribution in [0, 0.1) is 5.41 Å². The molecule has 0 atom stereocenters. The van der Waals surface area contributed by atoms with Crippen LogP contribution in [0.4, 0.5) is 5.69 Å². The Morgan fingerprint density at radius 3 is 2.63 bits per heavy atom. The fourth-order valence-corrected chi connectivity index (χ4v) is 2.81. The van der Waals surface area contributed by atoms with Crippen LogP contribution >= 0.6 is 11.8 Å². The minimum absolute atomic E-state index is 0. The van der Waals surface area contributed by atoms with Crippen LogP contribution in [0.5, 0.6) is 11.5 Å². The second-order valence-electron chi connectivity index (χ2n) is 5.62. The Bertz CT molecular complexity index is 875. The van der Waals surface area contributed by atoms with Crippen LogP contribution in [0.15, 0.2) is 59.3 Å². The first kappa shape index (κ1) is 25.6. The monoisotopic (exact) mass is 599 g/mol. The molecule has 160 valence electrons. The van der Waals surface area contributed by atoms with Crippen molar-refractivity contribution in [1.29, 1.82) is 0 Å². The number of thioether (sulfide) groups is 1. The van der Waals surface area contributed by atoms with Gasteiger partial charge in [0.1, 0.15) is 17.4 Å². The maximum atomic E-state index is 11.9. The van der Waals surface area contributed by atoms with Gasteiger partial charge in [-0.1, -0.05) is 24.3 Å². The number of hydrogen-bond acceptors (Lipinski definition) is 8. The number of anilines is 1. The Hall–Kier alpha value is -2.41. The summed E-state index contributed by atoms with van der Waals surface area (Å²) in [5.74, 6) is -1.06. The minimum atomic E-state index is -0.834. The summed E-state index contributed by atoms with van der Waals surface area (Å²) in [4.78, 5) is 11.9. The van der Waals surface area contributed by atoms with E-state index >= 15 is 0 Å². The molecular weight excluding hydrogens is 576 g/mol. The molecule has 5 N–H and O–H groups in total. The predicted octanol–water partition coefficient (Wildman–Crippen LogP) is 3.64. The van der Waals surface area contributed by atoms with Crippen molar-refractivity contribution < 1.29 is 45.5 Å². The number of carbonyl (C=O) groups excluding carboxylic acids is 1. The number of esters is 1. The number of benzene rings is 2. The Morgan fingerprint density at radius 1 is 1.27 bits per heavy atom. The van der Waals surface area contributed by atoms with Crippen LogP contribution < -0.4 is 15.8 Å². The molecule has 9 heteroatoms. The van der Waals surface area contributed by atoms with Crippen molar-refractivity contribution in [3.8, 4) is 11.5 Å². The molecule has 2 aromatic carbocycles. The van der Waals surface area contributed by atoms with E-state index < -0.39 is 11.7 Å². The molecule has 0 unspecified atom stereocenters. The van der Waals surface area contributed by atoms with E-state index in [1.54, 1.807) is 37.3 Å². The van der Waals surface area contributed by atoms with Gasteiger partial charge in [-0.05, 0) is 25.1 Å². The zero-order valence-corrected chi connectivity index (χ0v) is 20.1. The predicted molar refractivity (Wildman–Crippen MR) is 114 cm³/mol. The molecule has 0 aliphatic heterocycles. The third-order valence-corrected chi connectivity index (χ3v) is 4.20. The van der Waals surface area contributed by atoms with Crippen LogP contribution in [0.1, 0.15) is 12.5 Å². The summed E-state index contributed by atoms with van der Waals surface area (Å²) in [5.41, 5.74) is 6.72. The van der Waals surface area contributed by atoms with Crippen molar-refractivity contribution in [3.05, 3.63) is 70.3 Å². The van der Waals surface area contributed by atoms with Crippen LogP contribution in [0.25, 0.3) is 6.08 Å². The van der Waals surface area contributed by atoms with Crippen LogP contribution in [0.3, 0.4) is 0 Å². The first-order chi connectivity index (χ1) is 14.0. The number of para-hydroxylation sites is 1. The maximum Gasteiger partial charge on any atom is 0.376 e. The number of phenolic OH excluding ortho intramolecular Hbond substituents is 1. The van der Waals surface area contributed by atoms with E-state index in [0.717, 1.165) is 11.8 Å². The van der Waals surface area contributed by atoms with E-state index in [9.17, 15) is 15.0 Å². The summed E-state index contributed by atoms with van der Waals surface area (Å²) in [6.07, 6.45) is 1.60. The molecule has 0 fully saturated rings. The number of aliphatic hydroxyl groups excluding tert-OH is 1. The van der Waals surface area contributed by atoms with Gasteiger partial charge in [0.05, 0.1) is 6.61 Å². The average molecular weight is 599 g/mol. The number of phenols is 1. The van der Waals surface area contributed by atoms with E-state index in [2.05, 4.69) is 10.7 Å². The van der Waals surface area contributed by atoms with Crippen molar-refractivity contribution in [2.45, 2.75) is 6.92 Å². The number of carbonyl (C=O) groups is 1. The third kappa shape index (κ3) is 8.14. The van der Waals surface area contributed by atoms with Crippen LogP contribution in [0.2, 0.25) is 0 Å². The quantitative estimate of drug-likeness (QED) is 0.142. The zero-order chi connectivity index (χ0) is 21.1. The molecule has 0 bridgehead atoms. The van der Waals surface area contributed by atoms with Gasteiger partial charge in [0.15, 0.2) is 5.75 Å². The topological polar surface area (TPSA) is 114 Å². The number of rotatable bonds is 10. The smallest absolute Gasteiger partial charge is 0.376 e. The van der Waals surface area contributed by atoms with Gasteiger partial charge < -0.3 is 30.7 Å². The van der Waals surface area contributed by atoms with Gasteiger partial charge in [-0.2, -0.15) is 17.3 Å². The summed E-state index contributed by atoms with van der Waals surface area (Å²) in [7, 11) is 0. The van der Waals surface area contributed by atoms with Crippen LogP contribution in [-0.2, 0) is 30.6 Å². The van der Waals surface area contributed by atoms with Gasteiger partial charge in [-0.15, -0.1) is 6.07 Å². The van der Waals surface area contributed by atoms with E-state index in [1.165, 1.54) is 6.07 Å². The zero-order valence-electron chi connectivity index (χ0n) is 16.3. The Morgan fingerprint density at radius 2 is 2.00 bits per heavy atom. The Labute approximate surface area is 194 Å². The Balaban J connectivity index is 0.00000450. The summed E-state index contributed by atoms with van der Waals surface area (Å²) >= 11 is 0.980. The molecule has 0 amide bonds. The summed E-state index contributed by atoms with van der Waals surface area (Å²) < 4.78 is 10.2. The number of aromatic hydroxyl groups is 1. The fraction of sp³-hybridized carbons (Fsp3) is 0.190. The summed E-state index contributed by atoms with van der Waals surface area (Å²) in [6.45, 7) is 2.45. The number of hydrogen-bond donors (Lipinski definition) is 4.